The van der Waals surface area contributed by atoms with Crippen LogP contribution in [0.1, 0.15) is 81.2 Å². The number of ether oxygens (including phenoxy) is 1. The van der Waals surface area contributed by atoms with Crippen LogP contribution in [-0.4, -0.2) is 131 Å². The van der Waals surface area contributed by atoms with Crippen molar-refractivity contribution in [2.75, 3.05) is 62.2 Å². The van der Waals surface area contributed by atoms with Crippen molar-refractivity contribution in [2.45, 2.75) is 90.4 Å². The Kier molecular flexibility index (Phi) is 13.8. The molecule has 3 N–H and O–H groups in total. The summed E-state index contributed by atoms with van der Waals surface area (Å²) >= 11 is 6.80. The fourth-order valence-electron chi connectivity index (χ4n) is 10.9. The molecule has 18 heteroatoms. The summed E-state index contributed by atoms with van der Waals surface area (Å²) in [6.45, 7) is 11.7. The molecule has 6 heterocycles. The van der Waals surface area contributed by atoms with E-state index in [9.17, 15) is 30.2 Å². The summed E-state index contributed by atoms with van der Waals surface area (Å²) < 4.78 is 7.95. The van der Waals surface area contributed by atoms with Gasteiger partial charge in [0.05, 0.1) is 53.1 Å². The third kappa shape index (κ3) is 9.52. The van der Waals surface area contributed by atoms with Gasteiger partial charge < -0.3 is 39.7 Å². The zero-order chi connectivity index (χ0) is 50.2. The molecule has 0 saturated carbocycles. The number of likely N-dealkylation sites (tertiary alicyclic amines) is 2. The molecule has 4 aromatic carbocycles. The molecule has 2 atom stereocenters. The molecule has 0 bridgehead atoms. The van der Waals surface area contributed by atoms with E-state index in [0.29, 0.717) is 73.9 Å². The van der Waals surface area contributed by atoms with Gasteiger partial charge in [-0.25, -0.2) is 4.57 Å². The number of phenolic OH excluding ortho intramolecular Hbond substituents is 2. The van der Waals surface area contributed by atoms with Gasteiger partial charge >= 0.3 is 12.0 Å². The summed E-state index contributed by atoms with van der Waals surface area (Å²) in [6, 6.07) is 24.7. The Bertz CT molecular complexity index is 3040. The molecule has 6 aromatic rings. The maximum atomic E-state index is 14.1. The largest absolute Gasteiger partial charge is 0.508 e. The minimum absolute atomic E-state index is 0.0102. The number of carbonyl (C=O) groups excluding carboxylic acids is 2. The predicted molar refractivity (Wildman–Crippen MR) is 273 cm³/mol. The van der Waals surface area contributed by atoms with Crippen LogP contribution >= 0.6 is 11.6 Å². The highest BCUT2D eigenvalue weighted by atomic mass is 35.5. The van der Waals surface area contributed by atoms with E-state index < -0.39 is 0 Å². The number of carbonyl (C=O) groups is 2. The van der Waals surface area contributed by atoms with E-state index in [0.717, 1.165) is 78.0 Å². The number of phenols is 2. The highest BCUT2D eigenvalue weighted by molar-refractivity contribution is 6.36. The quantitative estimate of drug-likeness (QED) is 0.102. The Hall–Kier alpha value is -7.16. The maximum absolute atomic E-state index is 14.1. The second-order valence-electron chi connectivity index (χ2n) is 19.7. The fourth-order valence-corrected chi connectivity index (χ4v) is 11.2. The molecule has 0 radical (unpaired) electrons. The van der Waals surface area contributed by atoms with Gasteiger partial charge in [-0.2, -0.15) is 15.2 Å². The fraction of sp³-hybridized carbons (Fsp3) is 0.426. The van der Waals surface area contributed by atoms with E-state index in [4.69, 9.17) is 26.3 Å². The number of hydrogen-bond acceptors (Lipinski definition) is 14. The zero-order valence-corrected chi connectivity index (χ0v) is 41.7. The number of halogens is 1. The number of piperidine rings is 1. The molecule has 2 amide bonds. The van der Waals surface area contributed by atoms with Crippen LogP contribution in [0.5, 0.6) is 23.5 Å². The normalized spacial score (nSPS) is 18.6. The number of amides is 2. The summed E-state index contributed by atoms with van der Waals surface area (Å²) in [5.41, 5.74) is 5.60. The molecule has 4 aliphatic heterocycles. The van der Waals surface area contributed by atoms with Crippen LogP contribution in [0.25, 0.3) is 27.8 Å². The van der Waals surface area contributed by atoms with Gasteiger partial charge in [-0.05, 0) is 91.5 Å². The van der Waals surface area contributed by atoms with E-state index in [2.05, 4.69) is 49.2 Å². The van der Waals surface area contributed by atoms with Crippen LogP contribution in [0.3, 0.4) is 0 Å². The van der Waals surface area contributed by atoms with Crippen molar-refractivity contribution >= 4 is 45.7 Å². The molecule has 0 spiro atoms. The van der Waals surface area contributed by atoms with Crippen molar-refractivity contribution in [1.82, 2.24) is 39.4 Å². The van der Waals surface area contributed by atoms with E-state index in [1.165, 1.54) is 10.6 Å². The first-order valence-corrected chi connectivity index (χ1v) is 25.5. The second kappa shape index (κ2) is 20.5. The topological polar surface area (TPSA) is 201 Å². The number of benzene rings is 4. The van der Waals surface area contributed by atoms with E-state index in [-0.39, 0.29) is 78.1 Å². The third-order valence-electron chi connectivity index (χ3n) is 15.0. The maximum Gasteiger partial charge on any atom is 0.319 e. The zero-order valence-electron chi connectivity index (χ0n) is 40.9. The highest BCUT2D eigenvalue weighted by Gasteiger charge is 2.39. The van der Waals surface area contributed by atoms with Gasteiger partial charge in [0.1, 0.15) is 23.9 Å². The molecule has 3 saturated heterocycles. The number of aromatic nitrogens is 5. The first-order chi connectivity index (χ1) is 34.9. The lowest BCUT2D eigenvalue weighted by atomic mass is 9.92. The van der Waals surface area contributed by atoms with Crippen molar-refractivity contribution in [3.63, 3.8) is 0 Å². The Balaban J connectivity index is 0.791. The predicted octanol–water partition coefficient (Wildman–Crippen LogP) is 7.57. The number of rotatable bonds is 13. The van der Waals surface area contributed by atoms with Crippen molar-refractivity contribution in [1.29, 1.82) is 5.26 Å². The van der Waals surface area contributed by atoms with Gasteiger partial charge in [-0.15, -0.1) is 5.10 Å². The molecule has 2 aromatic heterocycles. The molecule has 2 unspecified atom stereocenters. The minimum Gasteiger partial charge on any atom is -0.508 e. The molecule has 4 aliphatic rings. The van der Waals surface area contributed by atoms with Gasteiger partial charge in [-0.3, -0.25) is 14.5 Å². The first-order valence-electron chi connectivity index (χ1n) is 25.1. The van der Waals surface area contributed by atoms with Gasteiger partial charge in [0.15, 0.2) is 5.82 Å². The van der Waals surface area contributed by atoms with Crippen LogP contribution in [0.15, 0.2) is 72.8 Å². The van der Waals surface area contributed by atoms with Crippen molar-refractivity contribution in [3.05, 3.63) is 100 Å². The van der Waals surface area contributed by atoms with Gasteiger partial charge in [-0.1, -0.05) is 73.9 Å². The van der Waals surface area contributed by atoms with Crippen LogP contribution in [0.4, 0.5) is 11.5 Å². The lowest BCUT2D eigenvalue weighted by molar-refractivity contribution is -0.146. The molecule has 17 nitrogen and oxygen atoms in total. The van der Waals surface area contributed by atoms with Crippen LogP contribution < -0.4 is 14.5 Å². The first kappa shape index (κ1) is 48.5. The summed E-state index contributed by atoms with van der Waals surface area (Å²) in [6.07, 6.45) is 3.60. The summed E-state index contributed by atoms with van der Waals surface area (Å²) in [5, 5.41) is 52.4. The van der Waals surface area contributed by atoms with Crippen LogP contribution in [-0.2, 0) is 29.1 Å². The van der Waals surface area contributed by atoms with Crippen molar-refractivity contribution < 1.29 is 29.6 Å². The SMILES string of the molecule is CCC(=O)N1CCN(c2nc(OCC3CCN3C(=O)C3CCN(Cc4ccc(-n5c(O)nnc5-c5cc(C(C)C)c(O)cc5O)cc4)CC3)nc3c2CCN(c2cccc4cccc(Cl)c24)C3)CC1CC#N. The molecule has 0 aliphatic carbocycles. The molecule has 374 valence electrons. The summed E-state index contributed by atoms with van der Waals surface area (Å²) in [5.74, 6) is 0.937. The Morgan fingerprint density at radius 1 is 0.861 bits per heavy atom. The molecular weight excluding hydrogens is 934 g/mol. The minimum atomic E-state index is -0.324. The number of anilines is 2. The number of fused-ring (bicyclic) bond motifs is 2. The Morgan fingerprint density at radius 3 is 2.36 bits per heavy atom. The third-order valence-corrected chi connectivity index (χ3v) is 15.3. The highest BCUT2D eigenvalue weighted by Crippen LogP contribution is 2.40. The monoisotopic (exact) mass is 993 g/mol. The standard InChI is InChI=1S/C54H60ClN11O6/c1-4-48(69)64-26-25-63(30-38(64)15-20-56)50-40-19-23-62(45-10-6-8-35-7-5-9-43(55)49(35)45)31-44(40)57-53(58-50)72-32-39-18-24-65(39)52(70)36-16-21-61(22-17-36)29-34-11-13-37(14-12-34)66-51(59-60-54(66)71)42-27-41(33(2)3)46(67)28-47(42)68/h5-14,27-28,33,36,38-39,67-68H,4,15-19,21-26,29-32H2,1-3H3,(H,60,71). The van der Waals surface area contributed by atoms with E-state index in [1.807, 2.05) is 73.0 Å². The average Bonchev–Trinajstić information content (AvgIpc) is 3.76. The van der Waals surface area contributed by atoms with Crippen LogP contribution in [0.2, 0.25) is 5.02 Å². The van der Waals surface area contributed by atoms with Gasteiger partial charge in [0.25, 0.3) is 0 Å². The lowest BCUT2D eigenvalue weighted by Crippen LogP contribution is -2.56. The Morgan fingerprint density at radius 2 is 1.64 bits per heavy atom. The van der Waals surface area contributed by atoms with Crippen LogP contribution in [0, 0.1) is 17.2 Å². The van der Waals surface area contributed by atoms with Crippen molar-refractivity contribution in [2.24, 2.45) is 5.92 Å². The number of piperazine rings is 1. The van der Waals surface area contributed by atoms with E-state index in [1.54, 1.807) is 6.07 Å². The number of nitrogens with zero attached hydrogens (tertiary/aromatic N) is 11. The van der Waals surface area contributed by atoms with Crippen molar-refractivity contribution in [3.8, 4) is 46.7 Å². The molecule has 10 rings (SSSR count). The van der Waals surface area contributed by atoms with E-state index >= 15 is 0 Å². The number of aromatic hydroxyl groups is 3. The summed E-state index contributed by atoms with van der Waals surface area (Å²) in [7, 11) is 0. The molecular formula is C54H60ClN11O6. The smallest absolute Gasteiger partial charge is 0.319 e. The van der Waals surface area contributed by atoms with Gasteiger partial charge in [0.2, 0.25) is 11.8 Å². The second-order valence-corrected chi connectivity index (χ2v) is 20.1. The molecule has 72 heavy (non-hydrogen) atoms. The van der Waals surface area contributed by atoms with Gasteiger partial charge in [0, 0.05) is 74.3 Å². The summed E-state index contributed by atoms with van der Waals surface area (Å²) in [4.78, 5) is 47.7. The molecule has 3 fully saturated rings. The number of nitriles is 1. The Labute approximate surface area is 423 Å². The number of hydrogen-bond donors (Lipinski definition) is 3. The lowest BCUT2D eigenvalue weighted by Gasteiger charge is -2.44. The average molecular weight is 995 g/mol.